The highest BCUT2D eigenvalue weighted by atomic mass is 16.5. The van der Waals surface area contributed by atoms with Crippen LogP contribution in [0.3, 0.4) is 0 Å². The van der Waals surface area contributed by atoms with E-state index in [1.165, 1.54) is 16.9 Å². The predicted molar refractivity (Wildman–Crippen MR) is 89.5 cm³/mol. The number of nitrogens with zero attached hydrogens (tertiary/aromatic N) is 2. The summed E-state index contributed by atoms with van der Waals surface area (Å²) in [6.45, 7) is 0.534. The first kappa shape index (κ1) is 12.5. The van der Waals surface area contributed by atoms with Crippen molar-refractivity contribution in [3.05, 3.63) is 78.9 Å². The van der Waals surface area contributed by atoms with Crippen molar-refractivity contribution in [1.82, 2.24) is 4.57 Å². The van der Waals surface area contributed by atoms with E-state index in [0.29, 0.717) is 6.73 Å². The van der Waals surface area contributed by atoms with Crippen LogP contribution in [-0.2, 0) is 6.73 Å². The maximum absolute atomic E-state index is 5.96. The van der Waals surface area contributed by atoms with Gasteiger partial charge in [-0.15, -0.1) is 0 Å². The molecule has 5 rings (SSSR count). The van der Waals surface area contributed by atoms with Crippen LogP contribution in [0.4, 0.5) is 0 Å². The van der Waals surface area contributed by atoms with Gasteiger partial charge in [0.15, 0.2) is 11.0 Å². The molecule has 0 amide bonds. The molecule has 0 aliphatic carbocycles. The van der Waals surface area contributed by atoms with Crippen molar-refractivity contribution < 1.29 is 9.30 Å². The normalized spacial score (nSPS) is 12.5. The zero-order chi connectivity index (χ0) is 15.2. The van der Waals surface area contributed by atoms with Gasteiger partial charge in [0.1, 0.15) is 17.0 Å². The second-order valence-corrected chi connectivity index (χ2v) is 5.68. The first-order valence-corrected chi connectivity index (χ1v) is 7.74. The first-order valence-electron chi connectivity index (χ1n) is 7.74. The zero-order valence-corrected chi connectivity index (χ0v) is 12.5. The fourth-order valence-electron chi connectivity index (χ4n) is 3.38. The maximum atomic E-state index is 5.96. The third-order valence-electron chi connectivity index (χ3n) is 4.37. The maximum Gasteiger partial charge on any atom is 0.301 e. The average molecular weight is 299 g/mol. The van der Waals surface area contributed by atoms with Crippen LogP contribution in [0.15, 0.2) is 78.9 Å². The van der Waals surface area contributed by atoms with E-state index < -0.39 is 0 Å². The molecule has 3 nitrogen and oxygen atoms in total. The van der Waals surface area contributed by atoms with Gasteiger partial charge in [-0.05, 0) is 36.4 Å². The lowest BCUT2D eigenvalue weighted by Crippen LogP contribution is -2.41. The van der Waals surface area contributed by atoms with Crippen molar-refractivity contribution >= 4 is 11.0 Å². The SMILES string of the molecule is c1ccc(-n2c3[n+](c4ccccc42)COc2ccccc2-3)cc1. The largest absolute Gasteiger partial charge is 0.453 e. The van der Waals surface area contributed by atoms with Crippen molar-refractivity contribution in [1.29, 1.82) is 0 Å². The molecule has 23 heavy (non-hydrogen) atoms. The smallest absolute Gasteiger partial charge is 0.301 e. The number of ether oxygens (including phenoxy) is 1. The van der Waals surface area contributed by atoms with Crippen LogP contribution in [0.1, 0.15) is 0 Å². The molecule has 0 bridgehead atoms. The minimum atomic E-state index is 0.534. The summed E-state index contributed by atoms with van der Waals surface area (Å²) in [6.07, 6.45) is 0. The molecule has 0 saturated carbocycles. The molecule has 0 unspecified atom stereocenters. The topological polar surface area (TPSA) is 18.0 Å². The van der Waals surface area contributed by atoms with Gasteiger partial charge >= 0.3 is 5.82 Å². The fourth-order valence-corrected chi connectivity index (χ4v) is 3.38. The van der Waals surface area contributed by atoms with E-state index >= 15 is 0 Å². The molecule has 3 heteroatoms. The van der Waals surface area contributed by atoms with E-state index in [2.05, 4.69) is 69.8 Å². The Morgan fingerprint density at radius 1 is 0.783 bits per heavy atom. The Hall–Kier alpha value is -3.07. The summed E-state index contributed by atoms with van der Waals surface area (Å²) < 4.78 is 10.5. The minimum Gasteiger partial charge on any atom is -0.453 e. The van der Waals surface area contributed by atoms with Gasteiger partial charge in [-0.25, -0.2) is 0 Å². The summed E-state index contributed by atoms with van der Waals surface area (Å²) in [4.78, 5) is 0. The van der Waals surface area contributed by atoms with Crippen LogP contribution in [0.25, 0.3) is 28.1 Å². The summed E-state index contributed by atoms with van der Waals surface area (Å²) in [7, 11) is 0. The fraction of sp³-hybridized carbons (Fsp3) is 0.0500. The lowest BCUT2D eigenvalue weighted by atomic mass is 10.1. The molecule has 0 fully saturated rings. The third kappa shape index (κ3) is 1.73. The van der Waals surface area contributed by atoms with Crippen molar-refractivity contribution in [3.8, 4) is 22.8 Å². The molecule has 0 radical (unpaired) electrons. The molecule has 1 aliphatic rings. The van der Waals surface area contributed by atoms with E-state index in [1.807, 2.05) is 18.2 Å². The number of imidazole rings is 1. The van der Waals surface area contributed by atoms with Crippen molar-refractivity contribution in [2.45, 2.75) is 6.73 Å². The number of para-hydroxylation sites is 4. The van der Waals surface area contributed by atoms with E-state index in [4.69, 9.17) is 4.74 Å². The Morgan fingerprint density at radius 2 is 1.52 bits per heavy atom. The van der Waals surface area contributed by atoms with Crippen LogP contribution in [-0.4, -0.2) is 4.57 Å². The molecule has 3 aromatic carbocycles. The second-order valence-electron chi connectivity index (χ2n) is 5.68. The summed E-state index contributed by atoms with van der Waals surface area (Å²) in [5.41, 5.74) is 4.66. The summed E-state index contributed by atoms with van der Waals surface area (Å²) in [5.74, 6) is 2.10. The van der Waals surface area contributed by atoms with E-state index in [1.54, 1.807) is 0 Å². The standard InChI is InChI=1S/C20H15N2O/c1-2-8-15(9-3-1)22-18-12-6-5-11-17(18)21-14-23-19-13-7-4-10-16(19)20(21)22/h1-13H,14H2/q+1. The Bertz CT molecular complexity index is 1020. The summed E-state index contributed by atoms with van der Waals surface area (Å²) in [6, 6.07) is 27.2. The number of rotatable bonds is 1. The predicted octanol–water partition coefficient (Wildman–Crippen LogP) is 3.93. The summed E-state index contributed by atoms with van der Waals surface area (Å²) >= 11 is 0. The highest BCUT2D eigenvalue weighted by Gasteiger charge is 2.32. The number of benzene rings is 3. The Labute approximate surface area is 134 Å². The molecule has 1 aromatic heterocycles. The zero-order valence-electron chi connectivity index (χ0n) is 12.5. The molecule has 0 N–H and O–H groups in total. The molecule has 0 saturated heterocycles. The molecular formula is C20H15N2O+. The van der Waals surface area contributed by atoms with Gasteiger partial charge < -0.3 is 4.74 Å². The third-order valence-corrected chi connectivity index (χ3v) is 4.37. The van der Waals surface area contributed by atoms with Crippen molar-refractivity contribution in [3.63, 3.8) is 0 Å². The number of fused-ring (bicyclic) bond motifs is 5. The lowest BCUT2D eigenvalue weighted by Gasteiger charge is -2.15. The van der Waals surface area contributed by atoms with E-state index in [-0.39, 0.29) is 0 Å². The monoisotopic (exact) mass is 299 g/mol. The first-order chi connectivity index (χ1) is 11.4. The number of hydrogen-bond acceptors (Lipinski definition) is 1. The molecule has 0 atom stereocenters. The highest BCUT2D eigenvalue weighted by molar-refractivity contribution is 5.80. The van der Waals surface area contributed by atoms with Gasteiger partial charge in [0, 0.05) is 0 Å². The van der Waals surface area contributed by atoms with Crippen LogP contribution < -0.4 is 9.30 Å². The number of hydrogen-bond donors (Lipinski definition) is 0. The molecular weight excluding hydrogens is 284 g/mol. The van der Waals surface area contributed by atoms with Gasteiger partial charge in [0.25, 0.3) is 0 Å². The average Bonchev–Trinajstić information content (AvgIpc) is 2.97. The Balaban J connectivity index is 1.95. The Kier molecular flexibility index (Phi) is 2.56. The van der Waals surface area contributed by atoms with Crippen LogP contribution >= 0.6 is 0 Å². The second kappa shape index (κ2) is 4.71. The minimum absolute atomic E-state index is 0.534. The lowest BCUT2D eigenvalue weighted by molar-refractivity contribution is -0.693. The molecule has 4 aromatic rings. The van der Waals surface area contributed by atoms with Gasteiger partial charge in [-0.1, -0.05) is 42.5 Å². The molecule has 110 valence electrons. The number of aromatic nitrogens is 2. The highest BCUT2D eigenvalue weighted by Crippen LogP contribution is 2.35. The van der Waals surface area contributed by atoms with Gasteiger partial charge in [-0.2, -0.15) is 9.13 Å². The van der Waals surface area contributed by atoms with E-state index in [9.17, 15) is 0 Å². The van der Waals surface area contributed by atoms with Gasteiger partial charge in [0.2, 0.25) is 6.73 Å². The summed E-state index contributed by atoms with van der Waals surface area (Å²) in [5, 5.41) is 0. The Morgan fingerprint density at radius 3 is 2.43 bits per heavy atom. The molecule has 1 aliphatic heterocycles. The van der Waals surface area contributed by atoms with Crippen LogP contribution in [0, 0.1) is 0 Å². The van der Waals surface area contributed by atoms with Crippen LogP contribution in [0.2, 0.25) is 0 Å². The van der Waals surface area contributed by atoms with Gasteiger partial charge in [-0.3, -0.25) is 0 Å². The molecule has 2 heterocycles. The van der Waals surface area contributed by atoms with Crippen molar-refractivity contribution in [2.24, 2.45) is 0 Å². The van der Waals surface area contributed by atoms with E-state index in [0.717, 1.165) is 17.0 Å². The van der Waals surface area contributed by atoms with Crippen LogP contribution in [0.5, 0.6) is 5.75 Å². The van der Waals surface area contributed by atoms with Gasteiger partial charge in [0.05, 0.1) is 0 Å². The quantitative estimate of drug-likeness (QED) is 0.487. The molecule has 0 spiro atoms. The van der Waals surface area contributed by atoms with Crippen molar-refractivity contribution in [2.75, 3.05) is 0 Å².